The van der Waals surface area contributed by atoms with E-state index in [4.69, 9.17) is 0 Å². The van der Waals surface area contributed by atoms with E-state index in [-0.39, 0.29) is 5.56 Å². The molecule has 1 unspecified atom stereocenters. The fourth-order valence-corrected chi connectivity index (χ4v) is 2.66. The molecule has 0 radical (unpaired) electrons. The number of aliphatic hydroxyl groups is 1. The third-order valence-corrected chi connectivity index (χ3v) is 3.68. The second kappa shape index (κ2) is 5.74. The zero-order chi connectivity index (χ0) is 13.1. The molecule has 1 aromatic rings. The number of benzene rings is 1. The summed E-state index contributed by atoms with van der Waals surface area (Å²) in [5.74, 6) is -2.87. The van der Waals surface area contributed by atoms with Crippen LogP contribution >= 0.6 is 0 Å². The van der Waals surface area contributed by atoms with Gasteiger partial charge in [0.25, 0.3) is 0 Å². The summed E-state index contributed by atoms with van der Waals surface area (Å²) in [5, 5.41) is 9.94. The van der Waals surface area contributed by atoms with E-state index in [9.17, 15) is 18.3 Å². The molecule has 1 fully saturated rings. The van der Waals surface area contributed by atoms with Crippen LogP contribution in [0.3, 0.4) is 0 Å². The second-order valence-electron chi connectivity index (χ2n) is 5.04. The van der Waals surface area contributed by atoms with Crippen molar-refractivity contribution in [3.8, 4) is 0 Å². The van der Waals surface area contributed by atoms with Crippen LogP contribution in [-0.2, 0) is 0 Å². The molecular formula is C14H17F3O. The van der Waals surface area contributed by atoms with Gasteiger partial charge in [-0.1, -0.05) is 32.1 Å². The molecule has 1 nitrogen and oxygen atoms in total. The van der Waals surface area contributed by atoms with Gasteiger partial charge in [-0.15, -0.1) is 0 Å². The van der Waals surface area contributed by atoms with Crippen LogP contribution < -0.4 is 0 Å². The summed E-state index contributed by atoms with van der Waals surface area (Å²) < 4.78 is 39.3. The first kappa shape index (κ1) is 13.4. The van der Waals surface area contributed by atoms with Crippen LogP contribution in [0, 0.1) is 23.4 Å². The van der Waals surface area contributed by atoms with E-state index in [1.54, 1.807) is 0 Å². The molecule has 0 amide bonds. The van der Waals surface area contributed by atoms with Crippen LogP contribution in [0.1, 0.15) is 50.2 Å². The third kappa shape index (κ3) is 3.05. The summed E-state index contributed by atoms with van der Waals surface area (Å²) >= 11 is 0. The fourth-order valence-electron chi connectivity index (χ4n) is 2.66. The van der Waals surface area contributed by atoms with Crippen LogP contribution in [0.2, 0.25) is 0 Å². The minimum Gasteiger partial charge on any atom is -0.388 e. The molecule has 0 spiro atoms. The molecule has 0 aliphatic heterocycles. The van der Waals surface area contributed by atoms with Gasteiger partial charge in [0.1, 0.15) is 5.82 Å². The molecule has 0 aromatic heterocycles. The first-order valence-electron chi connectivity index (χ1n) is 6.40. The van der Waals surface area contributed by atoms with Crippen molar-refractivity contribution in [3.05, 3.63) is 35.1 Å². The number of rotatable bonds is 3. The predicted octanol–water partition coefficient (Wildman–Crippen LogP) is 4.11. The Morgan fingerprint density at radius 2 is 1.61 bits per heavy atom. The van der Waals surface area contributed by atoms with Crippen molar-refractivity contribution < 1.29 is 18.3 Å². The van der Waals surface area contributed by atoms with Gasteiger partial charge in [0.2, 0.25) is 0 Å². The monoisotopic (exact) mass is 258 g/mol. The molecule has 100 valence electrons. The van der Waals surface area contributed by atoms with Crippen LogP contribution in [0.15, 0.2) is 12.1 Å². The van der Waals surface area contributed by atoms with E-state index >= 15 is 0 Å². The van der Waals surface area contributed by atoms with E-state index in [0.29, 0.717) is 18.4 Å². The van der Waals surface area contributed by atoms with Crippen molar-refractivity contribution in [2.75, 3.05) is 0 Å². The van der Waals surface area contributed by atoms with Gasteiger partial charge in [0, 0.05) is 11.6 Å². The topological polar surface area (TPSA) is 20.2 Å². The van der Waals surface area contributed by atoms with Gasteiger partial charge in [-0.25, -0.2) is 13.2 Å². The summed E-state index contributed by atoms with van der Waals surface area (Å²) in [5.41, 5.74) is -0.139. The first-order valence-corrected chi connectivity index (χ1v) is 6.40. The van der Waals surface area contributed by atoms with Gasteiger partial charge < -0.3 is 5.11 Å². The van der Waals surface area contributed by atoms with Gasteiger partial charge in [0.15, 0.2) is 11.6 Å². The largest absolute Gasteiger partial charge is 0.388 e. The molecule has 0 heterocycles. The highest BCUT2D eigenvalue weighted by Crippen LogP contribution is 2.33. The zero-order valence-corrected chi connectivity index (χ0v) is 10.1. The Balaban J connectivity index is 2.08. The molecule has 1 aliphatic rings. The zero-order valence-electron chi connectivity index (χ0n) is 10.1. The van der Waals surface area contributed by atoms with Gasteiger partial charge in [-0.3, -0.25) is 0 Å². The summed E-state index contributed by atoms with van der Waals surface area (Å²) in [6.45, 7) is 0. The van der Waals surface area contributed by atoms with Crippen LogP contribution in [0.25, 0.3) is 0 Å². The van der Waals surface area contributed by atoms with Crippen molar-refractivity contribution in [2.24, 2.45) is 5.92 Å². The van der Waals surface area contributed by atoms with Crippen molar-refractivity contribution in [1.29, 1.82) is 0 Å². The highest BCUT2D eigenvalue weighted by atomic mass is 19.2. The normalized spacial score (nSPS) is 18.9. The van der Waals surface area contributed by atoms with Crippen LogP contribution in [0.4, 0.5) is 13.2 Å². The Hall–Kier alpha value is -1.03. The third-order valence-electron chi connectivity index (χ3n) is 3.68. The van der Waals surface area contributed by atoms with Crippen LogP contribution in [-0.4, -0.2) is 5.11 Å². The lowest BCUT2D eigenvalue weighted by molar-refractivity contribution is 0.127. The van der Waals surface area contributed by atoms with Gasteiger partial charge >= 0.3 is 0 Å². The lowest BCUT2D eigenvalue weighted by atomic mass is 9.84. The summed E-state index contributed by atoms with van der Waals surface area (Å²) in [6, 6.07) is 1.26. The van der Waals surface area contributed by atoms with E-state index in [1.165, 1.54) is 6.42 Å². The molecular weight excluding hydrogens is 241 g/mol. The molecule has 1 atom stereocenters. The Kier molecular flexibility index (Phi) is 4.27. The highest BCUT2D eigenvalue weighted by Gasteiger charge is 2.22. The van der Waals surface area contributed by atoms with E-state index in [1.807, 2.05) is 0 Å². The van der Waals surface area contributed by atoms with E-state index < -0.39 is 23.6 Å². The SMILES string of the molecule is OC(CC1CCCCC1)c1cc(F)c(F)cc1F. The smallest absolute Gasteiger partial charge is 0.161 e. The van der Waals surface area contributed by atoms with Gasteiger partial charge in [0.05, 0.1) is 6.10 Å². The molecule has 1 N–H and O–H groups in total. The quantitative estimate of drug-likeness (QED) is 0.809. The second-order valence-corrected chi connectivity index (χ2v) is 5.04. The van der Waals surface area contributed by atoms with Crippen LogP contribution in [0.5, 0.6) is 0 Å². The fraction of sp³-hybridized carbons (Fsp3) is 0.571. The Bertz CT molecular complexity index is 414. The molecule has 0 saturated heterocycles. The molecule has 1 aromatic carbocycles. The molecule has 1 saturated carbocycles. The standard InChI is InChI=1S/C14H17F3O/c15-11-8-13(17)12(16)7-10(11)14(18)6-9-4-2-1-3-5-9/h7-9,14,18H,1-6H2. The summed E-state index contributed by atoms with van der Waals surface area (Å²) in [7, 11) is 0. The Morgan fingerprint density at radius 1 is 1.00 bits per heavy atom. The average Bonchev–Trinajstić information content (AvgIpc) is 2.35. The number of halogens is 3. The minimum absolute atomic E-state index is 0.139. The Labute approximate surface area is 105 Å². The van der Waals surface area contributed by atoms with Crippen molar-refractivity contribution in [3.63, 3.8) is 0 Å². The lowest BCUT2D eigenvalue weighted by Gasteiger charge is -2.24. The maximum Gasteiger partial charge on any atom is 0.161 e. The molecule has 0 bridgehead atoms. The summed E-state index contributed by atoms with van der Waals surface area (Å²) in [6.07, 6.45) is 4.84. The Morgan fingerprint density at radius 3 is 2.28 bits per heavy atom. The number of aliphatic hydroxyl groups excluding tert-OH is 1. The summed E-state index contributed by atoms with van der Waals surface area (Å²) in [4.78, 5) is 0. The highest BCUT2D eigenvalue weighted by molar-refractivity contribution is 5.22. The maximum absolute atomic E-state index is 13.5. The maximum atomic E-state index is 13.5. The molecule has 4 heteroatoms. The van der Waals surface area contributed by atoms with E-state index in [0.717, 1.165) is 31.7 Å². The van der Waals surface area contributed by atoms with Crippen molar-refractivity contribution in [1.82, 2.24) is 0 Å². The molecule has 18 heavy (non-hydrogen) atoms. The molecule has 2 rings (SSSR count). The van der Waals surface area contributed by atoms with Crippen molar-refractivity contribution in [2.45, 2.75) is 44.6 Å². The number of hydrogen-bond acceptors (Lipinski definition) is 1. The lowest BCUT2D eigenvalue weighted by Crippen LogP contribution is -2.12. The van der Waals surface area contributed by atoms with Gasteiger partial charge in [-0.2, -0.15) is 0 Å². The van der Waals surface area contributed by atoms with E-state index in [2.05, 4.69) is 0 Å². The van der Waals surface area contributed by atoms with Crippen molar-refractivity contribution >= 4 is 0 Å². The minimum atomic E-state index is -1.22. The van der Waals surface area contributed by atoms with Gasteiger partial charge in [-0.05, 0) is 18.4 Å². The predicted molar refractivity (Wildman–Crippen MR) is 62.5 cm³/mol. The molecule has 1 aliphatic carbocycles. The first-order chi connectivity index (χ1) is 8.58. The average molecular weight is 258 g/mol. The number of hydrogen-bond donors (Lipinski definition) is 1.